The average Bonchev–Trinajstić information content (AvgIpc) is 2.92. The van der Waals surface area contributed by atoms with Gasteiger partial charge in [0.1, 0.15) is 12.4 Å². The van der Waals surface area contributed by atoms with Crippen molar-refractivity contribution >= 4 is 0 Å². The van der Waals surface area contributed by atoms with Crippen LogP contribution in [-0.2, 0) is 19.3 Å². The standard InChI is InChI=1S/C14H16F3N3O/c1-18-9-11-2-3-13(12(8-11)14(15,16)17)21-7-6-20-5-4-19-10-20/h2-5,8,10,18H,6-7,9H2,1H3. The van der Waals surface area contributed by atoms with Crippen molar-refractivity contribution in [1.82, 2.24) is 14.9 Å². The molecule has 4 nitrogen and oxygen atoms in total. The third kappa shape index (κ3) is 4.22. The fourth-order valence-electron chi connectivity index (χ4n) is 1.92. The molecule has 0 saturated carbocycles. The maximum absolute atomic E-state index is 13.1. The van der Waals surface area contributed by atoms with E-state index < -0.39 is 11.7 Å². The number of hydrogen-bond donors (Lipinski definition) is 1. The second-order valence-electron chi connectivity index (χ2n) is 4.51. The molecule has 0 radical (unpaired) electrons. The molecule has 0 unspecified atom stereocenters. The average molecular weight is 299 g/mol. The number of imidazole rings is 1. The van der Waals surface area contributed by atoms with Crippen LogP contribution in [0.25, 0.3) is 0 Å². The Morgan fingerprint density at radius 2 is 2.14 bits per heavy atom. The molecule has 0 aliphatic rings. The summed E-state index contributed by atoms with van der Waals surface area (Å²) in [5, 5.41) is 2.83. The van der Waals surface area contributed by atoms with E-state index in [1.54, 1.807) is 36.4 Å². The van der Waals surface area contributed by atoms with Crippen molar-refractivity contribution in [3.8, 4) is 5.75 Å². The van der Waals surface area contributed by atoms with Crippen LogP contribution in [0.3, 0.4) is 0 Å². The van der Waals surface area contributed by atoms with Gasteiger partial charge in [-0.2, -0.15) is 13.2 Å². The van der Waals surface area contributed by atoms with Crippen molar-refractivity contribution < 1.29 is 17.9 Å². The minimum atomic E-state index is -4.44. The topological polar surface area (TPSA) is 39.1 Å². The number of halogens is 3. The van der Waals surface area contributed by atoms with Crippen LogP contribution in [0, 0.1) is 0 Å². The molecule has 1 aromatic carbocycles. The van der Waals surface area contributed by atoms with Gasteiger partial charge in [0.25, 0.3) is 0 Å². The van der Waals surface area contributed by atoms with Crippen LogP contribution in [-0.4, -0.2) is 23.2 Å². The molecule has 114 valence electrons. The molecular formula is C14H16F3N3O. The number of nitrogens with zero attached hydrogens (tertiary/aromatic N) is 2. The number of alkyl halides is 3. The Balaban J connectivity index is 2.10. The van der Waals surface area contributed by atoms with E-state index in [9.17, 15) is 13.2 Å². The molecule has 0 bridgehead atoms. The highest BCUT2D eigenvalue weighted by atomic mass is 19.4. The summed E-state index contributed by atoms with van der Waals surface area (Å²) in [6.45, 7) is 0.957. The van der Waals surface area contributed by atoms with Crippen LogP contribution in [0.2, 0.25) is 0 Å². The zero-order valence-electron chi connectivity index (χ0n) is 11.5. The van der Waals surface area contributed by atoms with E-state index in [4.69, 9.17) is 4.74 Å². The highest BCUT2D eigenvalue weighted by Gasteiger charge is 2.34. The SMILES string of the molecule is CNCc1ccc(OCCn2ccnc2)c(C(F)(F)F)c1. The second-order valence-corrected chi connectivity index (χ2v) is 4.51. The molecule has 1 aromatic heterocycles. The summed E-state index contributed by atoms with van der Waals surface area (Å²) in [5.74, 6) is -0.150. The van der Waals surface area contributed by atoms with Gasteiger partial charge in [-0.25, -0.2) is 4.98 Å². The molecule has 1 N–H and O–H groups in total. The lowest BCUT2D eigenvalue weighted by Gasteiger charge is -2.15. The summed E-state index contributed by atoms with van der Waals surface area (Å²) in [6, 6.07) is 4.10. The highest BCUT2D eigenvalue weighted by Crippen LogP contribution is 2.36. The molecule has 7 heteroatoms. The fourth-order valence-corrected chi connectivity index (χ4v) is 1.92. The second kappa shape index (κ2) is 6.62. The fraction of sp³-hybridized carbons (Fsp3) is 0.357. The van der Waals surface area contributed by atoms with Crippen LogP contribution >= 0.6 is 0 Å². The molecule has 21 heavy (non-hydrogen) atoms. The molecular weight excluding hydrogens is 283 g/mol. The van der Waals surface area contributed by atoms with E-state index in [1.807, 2.05) is 0 Å². The minimum Gasteiger partial charge on any atom is -0.491 e. The Labute approximate surface area is 120 Å². The quantitative estimate of drug-likeness (QED) is 0.891. The van der Waals surface area contributed by atoms with Crippen LogP contribution in [0.5, 0.6) is 5.75 Å². The summed E-state index contributed by atoms with van der Waals surface area (Å²) in [7, 11) is 1.68. The van der Waals surface area contributed by atoms with E-state index in [-0.39, 0.29) is 12.4 Å². The number of hydrogen-bond acceptors (Lipinski definition) is 3. The van der Waals surface area contributed by atoms with Crippen molar-refractivity contribution in [3.63, 3.8) is 0 Å². The molecule has 0 saturated heterocycles. The van der Waals surface area contributed by atoms with Gasteiger partial charge < -0.3 is 14.6 Å². The molecule has 2 aromatic rings. The number of ether oxygens (including phenoxy) is 1. The van der Waals surface area contributed by atoms with Crippen molar-refractivity contribution in [3.05, 3.63) is 48.0 Å². The van der Waals surface area contributed by atoms with Crippen LogP contribution < -0.4 is 10.1 Å². The maximum atomic E-state index is 13.1. The first-order valence-electron chi connectivity index (χ1n) is 6.44. The molecule has 0 amide bonds. The Morgan fingerprint density at radius 3 is 2.76 bits per heavy atom. The predicted octanol–water partition coefficient (Wildman–Crippen LogP) is 2.70. The van der Waals surface area contributed by atoms with Crippen molar-refractivity contribution in [2.75, 3.05) is 13.7 Å². The van der Waals surface area contributed by atoms with Gasteiger partial charge in [-0.05, 0) is 24.7 Å². The first-order chi connectivity index (χ1) is 10.0. The molecule has 0 fully saturated rings. The van der Waals surface area contributed by atoms with Gasteiger partial charge >= 0.3 is 6.18 Å². The zero-order chi connectivity index (χ0) is 15.3. The lowest BCUT2D eigenvalue weighted by atomic mass is 10.1. The number of benzene rings is 1. The van der Waals surface area contributed by atoms with Crippen LogP contribution in [0.15, 0.2) is 36.9 Å². The van der Waals surface area contributed by atoms with E-state index in [0.29, 0.717) is 18.7 Å². The van der Waals surface area contributed by atoms with E-state index in [1.165, 1.54) is 6.07 Å². The Bertz CT molecular complexity index is 567. The molecule has 0 aliphatic heterocycles. The van der Waals surface area contributed by atoms with Crippen molar-refractivity contribution in [1.29, 1.82) is 0 Å². The summed E-state index contributed by atoms with van der Waals surface area (Å²) in [4.78, 5) is 3.86. The highest BCUT2D eigenvalue weighted by molar-refractivity contribution is 5.39. The van der Waals surface area contributed by atoms with Gasteiger partial charge in [0.2, 0.25) is 0 Å². The predicted molar refractivity (Wildman–Crippen MR) is 71.9 cm³/mol. The Hall–Kier alpha value is -2.02. The van der Waals surface area contributed by atoms with Crippen LogP contribution in [0.1, 0.15) is 11.1 Å². The van der Waals surface area contributed by atoms with Crippen molar-refractivity contribution in [2.24, 2.45) is 0 Å². The van der Waals surface area contributed by atoms with E-state index >= 15 is 0 Å². The summed E-state index contributed by atoms with van der Waals surface area (Å²) in [6.07, 6.45) is 0.482. The first-order valence-corrected chi connectivity index (χ1v) is 6.44. The van der Waals surface area contributed by atoms with Gasteiger partial charge in [-0.15, -0.1) is 0 Å². The molecule has 1 heterocycles. The van der Waals surface area contributed by atoms with Gasteiger partial charge in [0.15, 0.2) is 0 Å². The van der Waals surface area contributed by atoms with Crippen LogP contribution in [0.4, 0.5) is 13.2 Å². The minimum absolute atomic E-state index is 0.144. The number of nitrogens with one attached hydrogen (secondary N) is 1. The lowest BCUT2D eigenvalue weighted by Crippen LogP contribution is -2.13. The largest absolute Gasteiger partial charge is 0.491 e. The zero-order valence-corrected chi connectivity index (χ0v) is 11.5. The van der Waals surface area contributed by atoms with Gasteiger partial charge in [-0.1, -0.05) is 6.07 Å². The number of rotatable bonds is 6. The molecule has 0 atom stereocenters. The van der Waals surface area contributed by atoms with E-state index in [0.717, 1.165) is 6.07 Å². The first kappa shape index (κ1) is 15.4. The maximum Gasteiger partial charge on any atom is 0.419 e. The third-order valence-corrected chi connectivity index (χ3v) is 2.90. The number of aromatic nitrogens is 2. The monoisotopic (exact) mass is 299 g/mol. The Morgan fingerprint density at radius 1 is 1.33 bits per heavy atom. The third-order valence-electron chi connectivity index (χ3n) is 2.90. The van der Waals surface area contributed by atoms with Crippen molar-refractivity contribution in [2.45, 2.75) is 19.3 Å². The summed E-state index contributed by atoms with van der Waals surface area (Å²) < 4.78 is 46.2. The van der Waals surface area contributed by atoms with Gasteiger partial charge in [-0.3, -0.25) is 0 Å². The van der Waals surface area contributed by atoms with Gasteiger partial charge in [0, 0.05) is 18.9 Å². The summed E-state index contributed by atoms with van der Waals surface area (Å²) in [5.41, 5.74) is -0.187. The normalized spacial score (nSPS) is 11.6. The smallest absolute Gasteiger partial charge is 0.419 e. The molecule has 0 aliphatic carbocycles. The molecule has 2 rings (SSSR count). The van der Waals surface area contributed by atoms with E-state index in [2.05, 4.69) is 10.3 Å². The lowest BCUT2D eigenvalue weighted by molar-refractivity contribution is -0.139. The van der Waals surface area contributed by atoms with Gasteiger partial charge in [0.05, 0.1) is 18.4 Å². The summed E-state index contributed by atoms with van der Waals surface area (Å²) >= 11 is 0. The molecule has 0 spiro atoms. The Kier molecular flexibility index (Phi) is 4.85.